The van der Waals surface area contributed by atoms with Crippen molar-refractivity contribution < 1.29 is 8.42 Å². The Bertz CT molecular complexity index is 539. The third-order valence-corrected chi connectivity index (χ3v) is 5.89. The lowest BCUT2D eigenvalue weighted by Gasteiger charge is -2.24. The molecule has 0 aliphatic heterocycles. The lowest BCUT2D eigenvalue weighted by molar-refractivity contribution is 0.551. The molecule has 1 rings (SSSR count). The zero-order valence-corrected chi connectivity index (χ0v) is 14.3. The molecule has 20 heavy (non-hydrogen) atoms. The summed E-state index contributed by atoms with van der Waals surface area (Å²) in [6.07, 6.45) is 0. The number of benzene rings is 1. The van der Waals surface area contributed by atoms with E-state index in [1.165, 1.54) is 5.56 Å². The summed E-state index contributed by atoms with van der Waals surface area (Å²) in [7, 11) is -3.07. The van der Waals surface area contributed by atoms with Crippen LogP contribution in [0.3, 0.4) is 0 Å². The second-order valence-electron chi connectivity index (χ2n) is 5.80. The Morgan fingerprint density at radius 2 is 1.60 bits per heavy atom. The van der Waals surface area contributed by atoms with Gasteiger partial charge in [-0.1, -0.05) is 24.6 Å². The summed E-state index contributed by atoms with van der Waals surface area (Å²) < 4.78 is 24.5. The lowest BCUT2D eigenvalue weighted by Crippen LogP contribution is -2.32. The number of rotatable bonds is 6. The largest absolute Gasteiger partial charge is 0.309 e. The number of sulfone groups is 1. The van der Waals surface area contributed by atoms with Gasteiger partial charge in [-0.15, -0.1) is 0 Å². The second-order valence-corrected chi connectivity index (χ2v) is 8.40. The van der Waals surface area contributed by atoms with Crippen LogP contribution in [-0.2, 0) is 9.84 Å². The average Bonchev–Trinajstić information content (AvgIpc) is 2.26. The minimum Gasteiger partial charge on any atom is -0.309 e. The smallest absolute Gasteiger partial charge is 0.154 e. The molecule has 0 heterocycles. The third kappa shape index (κ3) is 4.06. The van der Waals surface area contributed by atoms with Crippen molar-refractivity contribution in [1.82, 2.24) is 5.32 Å². The summed E-state index contributed by atoms with van der Waals surface area (Å²) in [5.41, 5.74) is 4.66. The van der Waals surface area contributed by atoms with E-state index in [4.69, 9.17) is 0 Å². The van der Waals surface area contributed by atoms with Crippen LogP contribution in [0.25, 0.3) is 0 Å². The first-order valence-corrected chi connectivity index (χ1v) is 8.93. The predicted octanol–water partition coefficient (Wildman–Crippen LogP) is 3.09. The molecule has 1 atom stereocenters. The van der Waals surface area contributed by atoms with Gasteiger partial charge >= 0.3 is 0 Å². The third-order valence-electron chi connectivity index (χ3n) is 3.65. The van der Waals surface area contributed by atoms with Crippen LogP contribution in [0.15, 0.2) is 12.1 Å². The van der Waals surface area contributed by atoms with Crippen molar-refractivity contribution in [3.63, 3.8) is 0 Å². The van der Waals surface area contributed by atoms with Gasteiger partial charge in [0.25, 0.3) is 0 Å². The first-order valence-electron chi connectivity index (χ1n) is 7.21. The maximum absolute atomic E-state index is 12.2. The van der Waals surface area contributed by atoms with Crippen LogP contribution in [0.4, 0.5) is 0 Å². The molecule has 1 aromatic rings. The molecule has 0 fully saturated rings. The Hall–Kier alpha value is -0.870. The summed E-state index contributed by atoms with van der Waals surface area (Å²) in [5, 5.41) is 2.99. The topological polar surface area (TPSA) is 46.2 Å². The first-order chi connectivity index (χ1) is 9.19. The molecule has 0 spiro atoms. The van der Waals surface area contributed by atoms with Gasteiger partial charge in [-0.05, 0) is 57.9 Å². The molecular formula is C16H27NO2S. The summed E-state index contributed by atoms with van der Waals surface area (Å²) in [6.45, 7) is 12.4. The summed E-state index contributed by atoms with van der Waals surface area (Å²) in [5.74, 6) is 0.156. The van der Waals surface area contributed by atoms with E-state index in [2.05, 4.69) is 38.2 Å². The normalized spacial score (nSPS) is 13.8. The Kier molecular flexibility index (Phi) is 5.78. The first kappa shape index (κ1) is 17.2. The van der Waals surface area contributed by atoms with Crippen molar-refractivity contribution in [2.75, 3.05) is 12.3 Å². The summed E-state index contributed by atoms with van der Waals surface area (Å²) in [4.78, 5) is 0. The molecule has 3 nitrogen and oxygen atoms in total. The van der Waals surface area contributed by atoms with Crippen molar-refractivity contribution in [2.45, 2.75) is 52.8 Å². The molecule has 0 aliphatic carbocycles. The monoisotopic (exact) mass is 297 g/mol. The minimum atomic E-state index is -3.07. The van der Waals surface area contributed by atoms with Gasteiger partial charge in [-0.2, -0.15) is 0 Å². The van der Waals surface area contributed by atoms with Gasteiger partial charge in [0.15, 0.2) is 9.84 Å². The van der Waals surface area contributed by atoms with E-state index in [0.717, 1.165) is 23.2 Å². The van der Waals surface area contributed by atoms with Gasteiger partial charge < -0.3 is 5.32 Å². The van der Waals surface area contributed by atoms with Crippen LogP contribution in [0.2, 0.25) is 0 Å². The minimum absolute atomic E-state index is 0.131. The molecule has 0 aromatic heterocycles. The zero-order chi connectivity index (χ0) is 15.5. The van der Waals surface area contributed by atoms with Gasteiger partial charge in [-0.25, -0.2) is 8.42 Å². The molecule has 0 saturated carbocycles. The van der Waals surface area contributed by atoms with E-state index >= 15 is 0 Å². The van der Waals surface area contributed by atoms with Crippen LogP contribution in [0.5, 0.6) is 0 Å². The standard InChI is InChI=1S/C16H27NO2S/c1-7-17-15(10-20(18,19)11(2)3)16-13(5)8-12(4)9-14(16)6/h8-9,11,15,17H,7,10H2,1-6H3. The zero-order valence-electron chi connectivity index (χ0n) is 13.4. The highest BCUT2D eigenvalue weighted by Crippen LogP contribution is 2.25. The van der Waals surface area contributed by atoms with Gasteiger partial charge in [0.05, 0.1) is 11.0 Å². The van der Waals surface area contributed by atoms with Crippen molar-refractivity contribution in [3.05, 3.63) is 34.4 Å². The molecule has 0 amide bonds. The highest BCUT2D eigenvalue weighted by Gasteiger charge is 2.25. The molecule has 4 heteroatoms. The molecule has 0 aliphatic rings. The fourth-order valence-electron chi connectivity index (χ4n) is 2.66. The van der Waals surface area contributed by atoms with Gasteiger partial charge in [0.1, 0.15) is 0 Å². The quantitative estimate of drug-likeness (QED) is 0.877. The van der Waals surface area contributed by atoms with Crippen molar-refractivity contribution in [3.8, 4) is 0 Å². The Morgan fingerprint density at radius 1 is 1.10 bits per heavy atom. The predicted molar refractivity (Wildman–Crippen MR) is 86.0 cm³/mol. The van der Waals surface area contributed by atoms with Gasteiger partial charge in [0.2, 0.25) is 0 Å². The van der Waals surface area contributed by atoms with Crippen LogP contribution in [-0.4, -0.2) is 26.0 Å². The van der Waals surface area contributed by atoms with Crippen molar-refractivity contribution in [1.29, 1.82) is 0 Å². The average molecular weight is 297 g/mol. The van der Waals surface area contributed by atoms with Gasteiger partial charge in [-0.3, -0.25) is 0 Å². The van der Waals surface area contributed by atoms with Crippen molar-refractivity contribution in [2.24, 2.45) is 0 Å². The van der Waals surface area contributed by atoms with Crippen LogP contribution >= 0.6 is 0 Å². The van der Waals surface area contributed by atoms with E-state index in [1.807, 2.05) is 6.92 Å². The van der Waals surface area contributed by atoms with Crippen molar-refractivity contribution >= 4 is 9.84 Å². The van der Waals surface area contributed by atoms with Crippen LogP contribution < -0.4 is 5.32 Å². The Labute approximate surface area is 123 Å². The molecule has 0 radical (unpaired) electrons. The maximum atomic E-state index is 12.2. The number of hydrogen-bond donors (Lipinski definition) is 1. The molecule has 1 unspecified atom stereocenters. The molecule has 0 bridgehead atoms. The maximum Gasteiger partial charge on any atom is 0.154 e. The second kappa shape index (κ2) is 6.72. The summed E-state index contributed by atoms with van der Waals surface area (Å²) in [6, 6.07) is 4.11. The van der Waals surface area contributed by atoms with E-state index in [-0.39, 0.29) is 17.0 Å². The number of nitrogens with one attached hydrogen (secondary N) is 1. The molecule has 1 N–H and O–H groups in total. The molecular weight excluding hydrogens is 270 g/mol. The highest BCUT2D eigenvalue weighted by molar-refractivity contribution is 7.92. The molecule has 114 valence electrons. The summed E-state index contributed by atoms with van der Waals surface area (Å²) >= 11 is 0. The number of hydrogen-bond acceptors (Lipinski definition) is 3. The van der Waals surface area contributed by atoms with E-state index in [0.29, 0.717) is 0 Å². The van der Waals surface area contributed by atoms with Crippen LogP contribution in [0, 0.1) is 20.8 Å². The SMILES string of the molecule is CCNC(CS(=O)(=O)C(C)C)c1c(C)cc(C)cc1C. The fraction of sp³-hybridized carbons (Fsp3) is 0.625. The molecule has 0 saturated heterocycles. The van der Waals surface area contributed by atoms with E-state index in [9.17, 15) is 8.42 Å². The number of aryl methyl sites for hydroxylation is 3. The van der Waals surface area contributed by atoms with Gasteiger partial charge in [0, 0.05) is 6.04 Å². The highest BCUT2D eigenvalue weighted by atomic mass is 32.2. The fourth-order valence-corrected chi connectivity index (χ4v) is 3.79. The lowest BCUT2D eigenvalue weighted by atomic mass is 9.95. The Balaban J connectivity index is 3.22. The Morgan fingerprint density at radius 3 is 2.00 bits per heavy atom. The van der Waals surface area contributed by atoms with E-state index < -0.39 is 9.84 Å². The van der Waals surface area contributed by atoms with E-state index in [1.54, 1.807) is 13.8 Å². The van der Waals surface area contributed by atoms with Crippen LogP contribution in [0.1, 0.15) is 49.1 Å². The molecule has 1 aromatic carbocycles.